The van der Waals surface area contributed by atoms with E-state index in [0.29, 0.717) is 24.6 Å². The van der Waals surface area contributed by atoms with Crippen molar-refractivity contribution in [1.29, 1.82) is 0 Å². The average Bonchev–Trinajstić information content (AvgIpc) is 2.97. The van der Waals surface area contributed by atoms with Crippen LogP contribution in [0, 0.1) is 5.82 Å². The van der Waals surface area contributed by atoms with Crippen LogP contribution in [-0.4, -0.2) is 57.1 Å². The fraction of sp³-hybridized carbons (Fsp3) is 0.375. The number of rotatable bonds is 16. The summed E-state index contributed by atoms with van der Waals surface area (Å²) >= 11 is 0. The Bertz CT molecular complexity index is 1420. The fourth-order valence-electron chi connectivity index (χ4n) is 4.65. The number of amides is 2. The molecule has 0 aromatic heterocycles. The third kappa shape index (κ3) is 9.30. The van der Waals surface area contributed by atoms with Crippen molar-refractivity contribution in [2.45, 2.75) is 52.1 Å². The number of ether oxygens (including phenoxy) is 1. The molecule has 0 heterocycles. The first-order valence-corrected chi connectivity index (χ1v) is 16.0. The van der Waals surface area contributed by atoms with Crippen LogP contribution in [0.4, 0.5) is 10.1 Å². The Morgan fingerprint density at radius 1 is 0.952 bits per heavy atom. The standard InChI is InChI=1S/C32H40FN3O5S/c1-4-21-34-32(38)29(23-25-14-7-6-8-15-25)35(24-26-16-9-10-17-27(26)33)31(37)20-13-22-36(42(3,39)40)28-18-11-12-19-30(28)41-5-2/h6-12,14-19,29H,4-5,13,20-24H2,1-3H3,(H,34,38)/t29-/m1/s1. The van der Waals surface area contributed by atoms with E-state index in [-0.39, 0.29) is 49.7 Å². The molecule has 0 unspecified atom stereocenters. The molecule has 0 saturated heterocycles. The lowest BCUT2D eigenvalue weighted by molar-refractivity contribution is -0.141. The number of nitrogens with one attached hydrogen (secondary N) is 1. The van der Waals surface area contributed by atoms with Crippen LogP contribution in [0.2, 0.25) is 0 Å². The number of carbonyl (C=O) groups is 2. The summed E-state index contributed by atoms with van der Waals surface area (Å²) in [5.74, 6) is -0.752. The quantitative estimate of drug-likeness (QED) is 0.253. The molecule has 8 nitrogen and oxygen atoms in total. The van der Waals surface area contributed by atoms with Crippen LogP contribution in [0.3, 0.4) is 0 Å². The van der Waals surface area contributed by atoms with Gasteiger partial charge in [0.05, 0.1) is 18.6 Å². The van der Waals surface area contributed by atoms with Gasteiger partial charge in [0, 0.05) is 38.0 Å². The summed E-state index contributed by atoms with van der Waals surface area (Å²) in [7, 11) is -3.70. The second-order valence-electron chi connectivity index (χ2n) is 9.95. The second-order valence-corrected chi connectivity index (χ2v) is 11.9. The van der Waals surface area contributed by atoms with Crippen molar-refractivity contribution in [2.75, 3.05) is 30.3 Å². The Morgan fingerprint density at radius 2 is 1.62 bits per heavy atom. The molecule has 3 aromatic carbocycles. The lowest BCUT2D eigenvalue weighted by atomic mass is 10.0. The molecular weight excluding hydrogens is 557 g/mol. The van der Waals surface area contributed by atoms with Crippen LogP contribution in [0.15, 0.2) is 78.9 Å². The number of halogens is 1. The van der Waals surface area contributed by atoms with Gasteiger partial charge in [-0.1, -0.05) is 67.6 Å². The molecule has 0 aliphatic rings. The number of sulfonamides is 1. The molecule has 2 amide bonds. The van der Waals surface area contributed by atoms with Gasteiger partial charge in [0.15, 0.2) is 0 Å². The van der Waals surface area contributed by atoms with Crippen LogP contribution < -0.4 is 14.4 Å². The average molecular weight is 598 g/mol. The van der Waals surface area contributed by atoms with Crippen molar-refractivity contribution in [3.63, 3.8) is 0 Å². The number of anilines is 1. The molecule has 0 bridgehead atoms. The molecule has 1 N–H and O–H groups in total. The number of hydrogen-bond acceptors (Lipinski definition) is 5. The van der Waals surface area contributed by atoms with Crippen molar-refractivity contribution < 1.29 is 27.1 Å². The van der Waals surface area contributed by atoms with Crippen LogP contribution in [0.25, 0.3) is 0 Å². The minimum absolute atomic E-state index is 0.0214. The van der Waals surface area contributed by atoms with Gasteiger partial charge in [-0.3, -0.25) is 13.9 Å². The number of hydrogen-bond donors (Lipinski definition) is 1. The molecule has 0 aliphatic heterocycles. The molecular formula is C32H40FN3O5S. The maximum absolute atomic E-state index is 14.8. The highest BCUT2D eigenvalue weighted by Crippen LogP contribution is 2.30. The molecule has 226 valence electrons. The second kappa shape index (κ2) is 15.9. The van der Waals surface area contributed by atoms with Gasteiger partial charge in [0.2, 0.25) is 21.8 Å². The van der Waals surface area contributed by atoms with Gasteiger partial charge in [-0.2, -0.15) is 0 Å². The Labute approximate surface area is 248 Å². The van der Waals surface area contributed by atoms with E-state index in [1.54, 1.807) is 42.5 Å². The number of carbonyl (C=O) groups excluding carboxylic acids is 2. The van der Waals surface area contributed by atoms with E-state index in [2.05, 4.69) is 5.32 Å². The zero-order valence-corrected chi connectivity index (χ0v) is 25.3. The van der Waals surface area contributed by atoms with Gasteiger partial charge in [-0.05, 0) is 43.5 Å². The summed E-state index contributed by atoms with van der Waals surface area (Å²) in [6.07, 6.45) is 2.19. The van der Waals surface area contributed by atoms with Crippen molar-refractivity contribution in [3.8, 4) is 5.75 Å². The third-order valence-corrected chi connectivity index (χ3v) is 7.88. The maximum atomic E-state index is 14.8. The highest BCUT2D eigenvalue weighted by atomic mass is 32.2. The van der Waals surface area contributed by atoms with E-state index >= 15 is 0 Å². The van der Waals surface area contributed by atoms with Crippen molar-refractivity contribution >= 4 is 27.5 Å². The molecule has 0 aliphatic carbocycles. The van der Waals surface area contributed by atoms with Crippen LogP contribution in [0.5, 0.6) is 5.75 Å². The molecule has 42 heavy (non-hydrogen) atoms. The largest absolute Gasteiger partial charge is 0.492 e. The van der Waals surface area contributed by atoms with Gasteiger partial charge >= 0.3 is 0 Å². The van der Waals surface area contributed by atoms with Crippen LogP contribution in [0.1, 0.15) is 44.2 Å². The molecule has 0 fully saturated rings. The zero-order valence-electron chi connectivity index (χ0n) is 24.5. The summed E-state index contributed by atoms with van der Waals surface area (Å²) in [5, 5.41) is 2.89. The SMILES string of the molecule is CCCNC(=O)[C@@H](Cc1ccccc1)N(Cc1ccccc1F)C(=O)CCCN(c1ccccc1OCC)S(C)(=O)=O. The number of para-hydroxylation sites is 2. The summed E-state index contributed by atoms with van der Waals surface area (Å²) in [4.78, 5) is 28.7. The molecule has 3 rings (SSSR count). The van der Waals surface area contributed by atoms with Gasteiger partial charge in [-0.25, -0.2) is 12.8 Å². The Hall–Kier alpha value is -3.92. The summed E-state index contributed by atoms with van der Waals surface area (Å²) in [6.45, 7) is 4.47. The topological polar surface area (TPSA) is 96.0 Å². The highest BCUT2D eigenvalue weighted by molar-refractivity contribution is 7.92. The van der Waals surface area contributed by atoms with Crippen LogP contribution >= 0.6 is 0 Å². The first-order valence-electron chi connectivity index (χ1n) is 14.2. The first-order chi connectivity index (χ1) is 20.2. The van der Waals surface area contributed by atoms with Gasteiger partial charge in [0.25, 0.3) is 0 Å². The Kier molecular flexibility index (Phi) is 12.3. The van der Waals surface area contributed by atoms with E-state index in [4.69, 9.17) is 4.74 Å². The summed E-state index contributed by atoms with van der Waals surface area (Å²) in [6, 6.07) is 21.5. The van der Waals surface area contributed by atoms with Gasteiger partial charge in [0.1, 0.15) is 17.6 Å². The predicted octanol–water partition coefficient (Wildman–Crippen LogP) is 4.94. The Morgan fingerprint density at radius 3 is 2.29 bits per heavy atom. The van der Waals surface area contributed by atoms with E-state index in [0.717, 1.165) is 18.2 Å². The molecule has 1 atom stereocenters. The van der Waals surface area contributed by atoms with Gasteiger partial charge in [-0.15, -0.1) is 0 Å². The van der Waals surface area contributed by atoms with Crippen molar-refractivity contribution in [2.24, 2.45) is 0 Å². The van der Waals surface area contributed by atoms with Crippen molar-refractivity contribution in [3.05, 3.63) is 95.8 Å². The minimum atomic E-state index is -3.70. The summed E-state index contributed by atoms with van der Waals surface area (Å²) < 4.78 is 47.1. The third-order valence-electron chi connectivity index (χ3n) is 6.70. The van der Waals surface area contributed by atoms with E-state index in [1.165, 1.54) is 15.3 Å². The van der Waals surface area contributed by atoms with E-state index in [9.17, 15) is 22.4 Å². The zero-order chi connectivity index (χ0) is 30.5. The van der Waals surface area contributed by atoms with E-state index in [1.807, 2.05) is 44.2 Å². The van der Waals surface area contributed by atoms with Crippen molar-refractivity contribution in [1.82, 2.24) is 10.2 Å². The monoisotopic (exact) mass is 597 g/mol. The lowest BCUT2D eigenvalue weighted by Gasteiger charge is -2.32. The lowest BCUT2D eigenvalue weighted by Crippen LogP contribution is -2.50. The Balaban J connectivity index is 1.89. The van der Waals surface area contributed by atoms with Crippen LogP contribution in [-0.2, 0) is 32.6 Å². The fourth-order valence-corrected chi connectivity index (χ4v) is 5.62. The maximum Gasteiger partial charge on any atom is 0.243 e. The number of benzene rings is 3. The normalized spacial score (nSPS) is 11.9. The highest BCUT2D eigenvalue weighted by Gasteiger charge is 2.31. The summed E-state index contributed by atoms with van der Waals surface area (Å²) in [5.41, 5.74) is 1.53. The number of nitrogens with zero attached hydrogens (tertiary/aromatic N) is 2. The minimum Gasteiger partial charge on any atom is -0.492 e. The molecule has 0 spiro atoms. The molecule has 3 aromatic rings. The van der Waals surface area contributed by atoms with Gasteiger partial charge < -0.3 is 15.0 Å². The smallest absolute Gasteiger partial charge is 0.243 e. The first kappa shape index (κ1) is 32.6. The molecule has 10 heteroatoms. The molecule has 0 radical (unpaired) electrons. The van der Waals surface area contributed by atoms with E-state index < -0.39 is 21.9 Å². The predicted molar refractivity (Wildman–Crippen MR) is 163 cm³/mol. The molecule has 0 saturated carbocycles.